The van der Waals surface area contributed by atoms with E-state index in [0.29, 0.717) is 18.8 Å². The predicted molar refractivity (Wildman–Crippen MR) is 53.4 cm³/mol. The number of aliphatic carboxylic acids is 1. The van der Waals surface area contributed by atoms with Gasteiger partial charge in [-0.05, 0) is 19.4 Å². The van der Waals surface area contributed by atoms with Crippen molar-refractivity contribution in [3.05, 3.63) is 17.9 Å². The van der Waals surface area contributed by atoms with E-state index in [-0.39, 0.29) is 5.92 Å². The lowest BCUT2D eigenvalue weighted by Gasteiger charge is -2.09. The van der Waals surface area contributed by atoms with Crippen LogP contribution >= 0.6 is 0 Å². The lowest BCUT2D eigenvalue weighted by molar-refractivity contribution is -0.141. The van der Waals surface area contributed by atoms with Gasteiger partial charge in [0.25, 0.3) is 0 Å². The highest BCUT2D eigenvalue weighted by atomic mass is 16.4. The largest absolute Gasteiger partial charge is 0.481 e. The summed E-state index contributed by atoms with van der Waals surface area (Å²) >= 11 is 0. The number of rotatable bonds is 5. The van der Waals surface area contributed by atoms with Gasteiger partial charge in [0.1, 0.15) is 5.76 Å². The van der Waals surface area contributed by atoms with E-state index >= 15 is 0 Å². The molecule has 1 heterocycles. The number of nitrogens with one attached hydrogen (secondary N) is 1. The maximum Gasteiger partial charge on any atom is 0.308 e. The molecule has 1 unspecified atom stereocenters. The SMILES string of the molecule is CCC(CNc1ccc(C)o1)C(=O)O. The van der Waals surface area contributed by atoms with Crippen LogP contribution in [0.3, 0.4) is 0 Å². The number of carboxylic acids is 1. The van der Waals surface area contributed by atoms with Gasteiger partial charge in [-0.15, -0.1) is 0 Å². The van der Waals surface area contributed by atoms with Crippen LogP contribution in [0.2, 0.25) is 0 Å². The van der Waals surface area contributed by atoms with Crippen LogP contribution in [0.4, 0.5) is 5.88 Å². The summed E-state index contributed by atoms with van der Waals surface area (Å²) in [5.74, 6) is 0.307. The zero-order chi connectivity index (χ0) is 10.6. The third-order valence-electron chi connectivity index (χ3n) is 2.11. The third kappa shape index (κ3) is 2.80. The van der Waals surface area contributed by atoms with Gasteiger partial charge in [-0.3, -0.25) is 4.79 Å². The second-order valence-corrected chi connectivity index (χ2v) is 3.23. The van der Waals surface area contributed by atoms with E-state index in [1.54, 1.807) is 6.07 Å². The Bertz CT molecular complexity index is 306. The molecule has 0 saturated carbocycles. The Morgan fingerprint density at radius 1 is 1.64 bits per heavy atom. The van der Waals surface area contributed by atoms with E-state index in [2.05, 4.69) is 5.32 Å². The summed E-state index contributed by atoms with van der Waals surface area (Å²) in [5.41, 5.74) is 0. The highest BCUT2D eigenvalue weighted by Crippen LogP contribution is 2.13. The third-order valence-corrected chi connectivity index (χ3v) is 2.11. The number of carbonyl (C=O) groups is 1. The van der Waals surface area contributed by atoms with Gasteiger partial charge in [-0.25, -0.2) is 0 Å². The van der Waals surface area contributed by atoms with Crippen LogP contribution in [0.5, 0.6) is 0 Å². The van der Waals surface area contributed by atoms with Gasteiger partial charge in [0.05, 0.1) is 5.92 Å². The molecule has 1 aromatic heterocycles. The van der Waals surface area contributed by atoms with Crippen molar-refractivity contribution in [2.45, 2.75) is 20.3 Å². The van der Waals surface area contributed by atoms with Gasteiger partial charge in [0.2, 0.25) is 0 Å². The van der Waals surface area contributed by atoms with E-state index in [1.807, 2.05) is 19.9 Å². The Kier molecular flexibility index (Phi) is 3.56. The van der Waals surface area contributed by atoms with Crippen molar-refractivity contribution in [2.75, 3.05) is 11.9 Å². The smallest absolute Gasteiger partial charge is 0.308 e. The highest BCUT2D eigenvalue weighted by molar-refractivity contribution is 5.70. The molecule has 2 N–H and O–H groups in total. The van der Waals surface area contributed by atoms with Crippen LogP contribution in [-0.4, -0.2) is 17.6 Å². The number of anilines is 1. The topological polar surface area (TPSA) is 62.5 Å². The van der Waals surface area contributed by atoms with E-state index in [1.165, 1.54) is 0 Å². The molecule has 1 atom stereocenters. The molecule has 78 valence electrons. The summed E-state index contributed by atoms with van der Waals surface area (Å²) in [5, 5.41) is 11.7. The van der Waals surface area contributed by atoms with Crippen LogP contribution in [0, 0.1) is 12.8 Å². The van der Waals surface area contributed by atoms with E-state index in [9.17, 15) is 4.79 Å². The molecule has 0 aliphatic heterocycles. The fraction of sp³-hybridized carbons (Fsp3) is 0.500. The Hall–Kier alpha value is -1.45. The lowest BCUT2D eigenvalue weighted by Crippen LogP contribution is -2.21. The summed E-state index contributed by atoms with van der Waals surface area (Å²) in [6.07, 6.45) is 0.613. The minimum atomic E-state index is -0.775. The van der Waals surface area contributed by atoms with Gasteiger partial charge < -0.3 is 14.8 Å². The van der Waals surface area contributed by atoms with Crippen LogP contribution in [0.1, 0.15) is 19.1 Å². The van der Waals surface area contributed by atoms with Crippen molar-refractivity contribution in [2.24, 2.45) is 5.92 Å². The maximum atomic E-state index is 10.7. The van der Waals surface area contributed by atoms with Gasteiger partial charge in [0, 0.05) is 12.6 Å². The quantitative estimate of drug-likeness (QED) is 0.758. The van der Waals surface area contributed by atoms with Crippen LogP contribution in [-0.2, 0) is 4.79 Å². The average Bonchev–Trinajstić information content (AvgIpc) is 2.52. The first-order chi connectivity index (χ1) is 6.63. The molecule has 0 aromatic carbocycles. The van der Waals surface area contributed by atoms with Crippen molar-refractivity contribution in [1.82, 2.24) is 0 Å². The van der Waals surface area contributed by atoms with Crippen molar-refractivity contribution in [3.8, 4) is 0 Å². The maximum absolute atomic E-state index is 10.7. The van der Waals surface area contributed by atoms with Gasteiger partial charge in [0.15, 0.2) is 5.88 Å². The molecule has 0 spiro atoms. The molecule has 14 heavy (non-hydrogen) atoms. The number of furan rings is 1. The summed E-state index contributed by atoms with van der Waals surface area (Å²) < 4.78 is 5.25. The van der Waals surface area contributed by atoms with Crippen LogP contribution in [0.25, 0.3) is 0 Å². The molecular weight excluding hydrogens is 182 g/mol. The van der Waals surface area contributed by atoms with Crippen molar-refractivity contribution in [3.63, 3.8) is 0 Å². The highest BCUT2D eigenvalue weighted by Gasteiger charge is 2.14. The van der Waals surface area contributed by atoms with Gasteiger partial charge in [-0.1, -0.05) is 6.92 Å². The minimum absolute atomic E-state index is 0.361. The monoisotopic (exact) mass is 197 g/mol. The van der Waals surface area contributed by atoms with E-state index in [4.69, 9.17) is 9.52 Å². The molecule has 4 heteroatoms. The summed E-state index contributed by atoms with van der Waals surface area (Å²) in [4.78, 5) is 10.7. The van der Waals surface area contributed by atoms with E-state index < -0.39 is 5.97 Å². The second kappa shape index (κ2) is 4.69. The zero-order valence-electron chi connectivity index (χ0n) is 8.41. The molecular formula is C10H15NO3. The van der Waals surface area contributed by atoms with Crippen molar-refractivity contribution >= 4 is 11.9 Å². The Morgan fingerprint density at radius 3 is 2.79 bits per heavy atom. The van der Waals surface area contributed by atoms with E-state index in [0.717, 1.165) is 5.76 Å². The summed E-state index contributed by atoms with van der Waals surface area (Å²) in [6, 6.07) is 3.63. The molecule has 0 aliphatic rings. The molecule has 1 aromatic rings. The molecule has 0 saturated heterocycles. The minimum Gasteiger partial charge on any atom is -0.481 e. The van der Waals surface area contributed by atoms with Gasteiger partial charge >= 0.3 is 5.97 Å². The molecule has 0 radical (unpaired) electrons. The Balaban J connectivity index is 2.43. The Labute approximate surface area is 82.9 Å². The number of hydrogen-bond donors (Lipinski definition) is 2. The first kappa shape index (κ1) is 10.6. The van der Waals surface area contributed by atoms with Crippen molar-refractivity contribution < 1.29 is 14.3 Å². The second-order valence-electron chi connectivity index (χ2n) is 3.23. The first-order valence-corrected chi connectivity index (χ1v) is 4.66. The molecule has 0 aliphatic carbocycles. The fourth-order valence-corrected chi connectivity index (χ4v) is 1.16. The van der Waals surface area contributed by atoms with Crippen molar-refractivity contribution in [1.29, 1.82) is 0 Å². The molecule has 1 rings (SSSR count). The van der Waals surface area contributed by atoms with Crippen LogP contribution < -0.4 is 5.32 Å². The normalized spacial score (nSPS) is 12.4. The summed E-state index contributed by atoms with van der Waals surface area (Å²) in [7, 11) is 0. The molecule has 0 amide bonds. The van der Waals surface area contributed by atoms with Gasteiger partial charge in [-0.2, -0.15) is 0 Å². The number of carboxylic acid groups (broad SMARTS) is 1. The summed E-state index contributed by atoms with van der Waals surface area (Å²) in [6.45, 7) is 4.10. The zero-order valence-corrected chi connectivity index (χ0v) is 8.41. The van der Waals surface area contributed by atoms with Crippen LogP contribution in [0.15, 0.2) is 16.5 Å². The Morgan fingerprint density at radius 2 is 2.36 bits per heavy atom. The fourth-order valence-electron chi connectivity index (χ4n) is 1.16. The predicted octanol–water partition coefficient (Wildman–Crippen LogP) is 2.11. The lowest BCUT2D eigenvalue weighted by atomic mass is 10.1. The number of hydrogen-bond acceptors (Lipinski definition) is 3. The first-order valence-electron chi connectivity index (χ1n) is 4.66. The standard InChI is InChI=1S/C10H15NO3/c1-3-8(10(12)13)6-11-9-5-4-7(2)14-9/h4-5,8,11H,3,6H2,1-2H3,(H,12,13). The number of aryl methyl sites for hydroxylation is 1. The average molecular weight is 197 g/mol. The molecule has 4 nitrogen and oxygen atoms in total. The molecule has 0 bridgehead atoms. The molecule has 0 fully saturated rings.